The first-order valence-corrected chi connectivity index (χ1v) is 14.8. The van der Waals surface area contributed by atoms with Gasteiger partial charge in [-0.05, 0) is 62.1 Å². The van der Waals surface area contributed by atoms with E-state index in [1.807, 2.05) is 12.1 Å². The van der Waals surface area contributed by atoms with Gasteiger partial charge in [-0.25, -0.2) is 0 Å². The molecule has 4 atom stereocenters. The lowest BCUT2D eigenvalue weighted by molar-refractivity contribution is -0.123. The summed E-state index contributed by atoms with van der Waals surface area (Å²) in [6, 6.07) is 20.3. The van der Waals surface area contributed by atoms with Crippen LogP contribution in [0.1, 0.15) is 47.2 Å². The summed E-state index contributed by atoms with van der Waals surface area (Å²) in [6.07, 6.45) is 3.63. The molecule has 8 nitrogen and oxygen atoms in total. The molecule has 224 valence electrons. The van der Waals surface area contributed by atoms with E-state index in [0.29, 0.717) is 39.1 Å². The first-order chi connectivity index (χ1) is 21.7. The number of rotatable bonds is 5. The van der Waals surface area contributed by atoms with Crippen molar-refractivity contribution in [3.05, 3.63) is 124 Å². The summed E-state index contributed by atoms with van der Waals surface area (Å²) in [5, 5.41) is 11.2. The summed E-state index contributed by atoms with van der Waals surface area (Å²) in [6.45, 7) is 1.59. The summed E-state index contributed by atoms with van der Waals surface area (Å²) >= 11 is 0. The maximum absolute atomic E-state index is 14.2. The SMILES string of the molecule is COc1cccc([C@H]2C3=CC[C@@H]4C(=O)N(c5ccc(C(=O)c6ccccc6)cc5)C(=O)[C@@H]4[C@@H]3CC3=C2C(=O)C=C(C)C3=O)c1O. The van der Waals surface area contributed by atoms with E-state index in [0.717, 1.165) is 5.57 Å². The van der Waals surface area contributed by atoms with E-state index in [1.165, 1.54) is 18.1 Å². The number of methoxy groups -OCH3 is 1. The fraction of sp³-hybridized carbons (Fsp3) is 0.216. The molecule has 0 aromatic heterocycles. The second-order valence-corrected chi connectivity index (χ2v) is 11.9. The highest BCUT2D eigenvalue weighted by atomic mass is 16.5. The number of amides is 2. The Morgan fingerprint density at radius 2 is 1.58 bits per heavy atom. The van der Waals surface area contributed by atoms with Crippen LogP contribution in [-0.2, 0) is 19.2 Å². The Labute approximate surface area is 259 Å². The van der Waals surface area contributed by atoms with Crippen LogP contribution in [0.25, 0.3) is 0 Å². The highest BCUT2D eigenvalue weighted by molar-refractivity contribution is 6.25. The molecule has 0 saturated carbocycles. The van der Waals surface area contributed by atoms with Gasteiger partial charge in [0.05, 0.1) is 24.6 Å². The van der Waals surface area contributed by atoms with Gasteiger partial charge >= 0.3 is 0 Å². The molecule has 1 N–H and O–H groups in total. The lowest BCUT2D eigenvalue weighted by Crippen LogP contribution is -2.39. The average Bonchev–Trinajstić information content (AvgIpc) is 3.32. The van der Waals surface area contributed by atoms with Crippen molar-refractivity contribution in [2.45, 2.75) is 25.7 Å². The molecule has 0 unspecified atom stereocenters. The van der Waals surface area contributed by atoms with E-state index in [1.54, 1.807) is 73.7 Å². The van der Waals surface area contributed by atoms with Crippen LogP contribution in [0.15, 0.2) is 107 Å². The minimum Gasteiger partial charge on any atom is -0.504 e. The zero-order chi connectivity index (χ0) is 31.6. The molecule has 4 aliphatic rings. The second-order valence-electron chi connectivity index (χ2n) is 11.9. The molecular formula is C37H29NO7. The van der Waals surface area contributed by atoms with E-state index >= 15 is 0 Å². The molecular weight excluding hydrogens is 570 g/mol. The summed E-state index contributed by atoms with van der Waals surface area (Å²) in [4.78, 5) is 69.1. The normalized spacial score (nSPS) is 24.1. The van der Waals surface area contributed by atoms with Gasteiger partial charge in [-0.15, -0.1) is 0 Å². The van der Waals surface area contributed by atoms with Crippen molar-refractivity contribution in [3.63, 3.8) is 0 Å². The Balaban J connectivity index is 1.27. The molecule has 1 fully saturated rings. The number of Topliss-reactive ketones (excluding diaryl/α,β-unsaturated/α-hetero) is 1. The third kappa shape index (κ3) is 4.31. The van der Waals surface area contributed by atoms with E-state index < -0.39 is 23.7 Å². The third-order valence-corrected chi connectivity index (χ3v) is 9.55. The van der Waals surface area contributed by atoms with Crippen molar-refractivity contribution < 1.29 is 33.8 Å². The van der Waals surface area contributed by atoms with Gasteiger partial charge in [0, 0.05) is 39.3 Å². The van der Waals surface area contributed by atoms with Gasteiger partial charge in [-0.1, -0.05) is 54.1 Å². The van der Waals surface area contributed by atoms with Gasteiger partial charge in [0.1, 0.15) is 0 Å². The standard InChI is InChI=1S/C37H29NO7/c1-19-17-28(39)32-27(33(19)40)18-26-23(30(32)24-9-6-10-29(45-2)35(24)42)15-16-25-31(26)37(44)38(36(25)43)22-13-11-21(12-14-22)34(41)20-7-4-3-5-8-20/h3-15,17,25-26,30-31,42H,16,18H2,1-2H3/t25-,26+,30+,31-/m0/s1. The van der Waals surface area contributed by atoms with Crippen LogP contribution in [0.5, 0.6) is 11.5 Å². The van der Waals surface area contributed by atoms with Crippen LogP contribution < -0.4 is 9.64 Å². The minimum absolute atomic E-state index is 0.136. The molecule has 3 aromatic carbocycles. The van der Waals surface area contributed by atoms with Crippen molar-refractivity contribution in [1.29, 1.82) is 0 Å². The first kappa shape index (κ1) is 28.4. The highest BCUT2D eigenvalue weighted by Gasteiger charge is 2.56. The van der Waals surface area contributed by atoms with Gasteiger partial charge in [-0.3, -0.25) is 28.9 Å². The zero-order valence-electron chi connectivity index (χ0n) is 24.7. The predicted molar refractivity (Wildman–Crippen MR) is 165 cm³/mol. The number of ether oxygens (including phenoxy) is 1. The van der Waals surface area contributed by atoms with Crippen LogP contribution in [-0.4, -0.2) is 41.4 Å². The Hall–Kier alpha value is -5.37. The predicted octanol–water partition coefficient (Wildman–Crippen LogP) is 5.27. The number of hydrogen-bond acceptors (Lipinski definition) is 7. The molecule has 0 bridgehead atoms. The molecule has 7 rings (SSSR count). The fourth-order valence-electron chi connectivity index (χ4n) is 7.45. The van der Waals surface area contributed by atoms with Crippen molar-refractivity contribution in [2.24, 2.45) is 17.8 Å². The van der Waals surface area contributed by atoms with Gasteiger partial charge in [-0.2, -0.15) is 0 Å². The largest absolute Gasteiger partial charge is 0.504 e. The number of allylic oxidation sites excluding steroid dienone is 6. The van der Waals surface area contributed by atoms with Gasteiger partial charge in [0.15, 0.2) is 28.8 Å². The second kappa shape index (κ2) is 10.7. The van der Waals surface area contributed by atoms with Crippen molar-refractivity contribution in [3.8, 4) is 11.5 Å². The molecule has 2 amide bonds. The number of ketones is 3. The number of carbonyl (C=O) groups is 5. The average molecular weight is 600 g/mol. The maximum atomic E-state index is 14.2. The molecule has 3 aliphatic carbocycles. The first-order valence-electron chi connectivity index (χ1n) is 14.8. The van der Waals surface area contributed by atoms with E-state index in [4.69, 9.17) is 4.74 Å². The summed E-state index contributed by atoms with van der Waals surface area (Å²) < 4.78 is 5.35. The Kier molecular flexibility index (Phi) is 6.73. The van der Waals surface area contributed by atoms with Crippen molar-refractivity contribution in [1.82, 2.24) is 0 Å². The smallest absolute Gasteiger partial charge is 0.238 e. The Bertz CT molecular complexity index is 1920. The molecule has 8 heteroatoms. The number of para-hydroxylation sites is 1. The zero-order valence-corrected chi connectivity index (χ0v) is 24.7. The van der Waals surface area contributed by atoms with E-state index in [-0.39, 0.29) is 53.5 Å². The number of fused-ring (bicyclic) bond motifs is 3. The Morgan fingerprint density at radius 3 is 2.29 bits per heavy atom. The topological polar surface area (TPSA) is 118 Å². The van der Waals surface area contributed by atoms with E-state index in [9.17, 15) is 29.1 Å². The van der Waals surface area contributed by atoms with Crippen molar-refractivity contribution >= 4 is 34.9 Å². The van der Waals surface area contributed by atoms with Gasteiger partial charge in [0.25, 0.3) is 0 Å². The number of nitrogens with zero attached hydrogens (tertiary/aromatic N) is 1. The molecule has 1 aliphatic heterocycles. The lowest BCUT2D eigenvalue weighted by Gasteiger charge is -2.42. The minimum atomic E-state index is -0.782. The number of anilines is 1. The molecule has 0 spiro atoms. The van der Waals surface area contributed by atoms with Crippen LogP contribution in [0.2, 0.25) is 0 Å². The van der Waals surface area contributed by atoms with Gasteiger partial charge < -0.3 is 9.84 Å². The molecule has 1 saturated heterocycles. The molecule has 3 aromatic rings. The van der Waals surface area contributed by atoms with Crippen LogP contribution in [0.4, 0.5) is 5.69 Å². The lowest BCUT2D eigenvalue weighted by atomic mass is 9.59. The quantitative estimate of drug-likeness (QED) is 0.184. The van der Waals surface area contributed by atoms with Crippen LogP contribution >= 0.6 is 0 Å². The van der Waals surface area contributed by atoms with Crippen LogP contribution in [0.3, 0.4) is 0 Å². The van der Waals surface area contributed by atoms with E-state index in [2.05, 4.69) is 0 Å². The number of imide groups is 1. The number of hydrogen-bond donors (Lipinski definition) is 1. The summed E-state index contributed by atoms with van der Waals surface area (Å²) in [7, 11) is 1.43. The molecule has 1 heterocycles. The maximum Gasteiger partial charge on any atom is 0.238 e. The highest BCUT2D eigenvalue weighted by Crippen LogP contribution is 2.57. The molecule has 45 heavy (non-hydrogen) atoms. The number of phenolic OH excluding ortho intramolecular Hbond substituents is 1. The fourth-order valence-corrected chi connectivity index (χ4v) is 7.45. The summed E-state index contributed by atoms with van der Waals surface area (Å²) in [5.41, 5.74) is 3.39. The third-order valence-electron chi connectivity index (χ3n) is 9.55. The van der Waals surface area contributed by atoms with Crippen molar-refractivity contribution in [2.75, 3.05) is 12.0 Å². The number of aromatic hydroxyl groups is 1. The number of phenols is 1. The van der Waals surface area contributed by atoms with Gasteiger partial charge in [0.2, 0.25) is 11.8 Å². The Morgan fingerprint density at radius 1 is 0.867 bits per heavy atom. The monoisotopic (exact) mass is 599 g/mol. The summed E-state index contributed by atoms with van der Waals surface area (Å²) in [5.74, 6) is -4.14. The number of benzene rings is 3. The molecule has 0 radical (unpaired) electrons. The van der Waals surface area contributed by atoms with Crippen LogP contribution in [0, 0.1) is 17.8 Å². The number of carbonyl (C=O) groups excluding carboxylic acids is 5.